The smallest absolute Gasteiger partial charge is 0.313 e. The molecule has 0 aliphatic carbocycles. The maximum Gasteiger partial charge on any atom is 0.313 e. The van der Waals surface area contributed by atoms with Crippen LogP contribution in [0.5, 0.6) is 0 Å². The molecule has 0 atom stereocenters. The zero-order chi connectivity index (χ0) is 14.5. The third-order valence-electron chi connectivity index (χ3n) is 2.93. The molecule has 5 heteroatoms. The lowest BCUT2D eigenvalue weighted by atomic mass is 10.1. The maximum absolute atomic E-state index is 11.8. The molecule has 20 heavy (non-hydrogen) atoms. The monoisotopic (exact) mass is 272 g/mol. The van der Waals surface area contributed by atoms with E-state index >= 15 is 0 Å². The molecule has 0 spiro atoms. The predicted molar refractivity (Wildman–Crippen MR) is 75.1 cm³/mol. The average Bonchev–Trinajstić information content (AvgIpc) is 2.93. The number of rotatable bonds is 3. The second-order valence-electron chi connectivity index (χ2n) is 4.48. The van der Waals surface area contributed by atoms with Gasteiger partial charge in [-0.3, -0.25) is 9.59 Å². The summed E-state index contributed by atoms with van der Waals surface area (Å²) in [5, 5.41) is 5.13. The SMILES string of the molecule is Cc1cccc(C)c1NC(=O)C(=O)NCc1ccco1. The summed E-state index contributed by atoms with van der Waals surface area (Å²) in [5.74, 6) is -0.781. The van der Waals surface area contributed by atoms with E-state index < -0.39 is 11.8 Å². The summed E-state index contributed by atoms with van der Waals surface area (Å²) in [6, 6.07) is 9.10. The fraction of sp³-hybridized carbons (Fsp3) is 0.200. The van der Waals surface area contributed by atoms with E-state index in [2.05, 4.69) is 10.6 Å². The number of aryl methyl sites for hydroxylation is 2. The molecule has 0 aliphatic rings. The topological polar surface area (TPSA) is 71.3 Å². The number of anilines is 1. The predicted octanol–water partition coefficient (Wildman–Crippen LogP) is 2.15. The fourth-order valence-electron chi connectivity index (χ4n) is 1.84. The largest absolute Gasteiger partial charge is 0.467 e. The molecular weight excluding hydrogens is 256 g/mol. The Morgan fingerprint density at radius 3 is 2.35 bits per heavy atom. The third-order valence-corrected chi connectivity index (χ3v) is 2.93. The minimum Gasteiger partial charge on any atom is -0.467 e. The summed E-state index contributed by atoms with van der Waals surface area (Å²) in [6.45, 7) is 3.94. The quantitative estimate of drug-likeness (QED) is 0.841. The van der Waals surface area contributed by atoms with E-state index in [0.717, 1.165) is 11.1 Å². The number of benzene rings is 1. The number of hydrogen-bond acceptors (Lipinski definition) is 3. The number of nitrogens with one attached hydrogen (secondary N) is 2. The molecule has 2 amide bonds. The van der Waals surface area contributed by atoms with Gasteiger partial charge in [-0.2, -0.15) is 0 Å². The fourth-order valence-corrected chi connectivity index (χ4v) is 1.84. The van der Waals surface area contributed by atoms with E-state index in [0.29, 0.717) is 11.4 Å². The molecule has 1 aromatic heterocycles. The van der Waals surface area contributed by atoms with Gasteiger partial charge in [-0.15, -0.1) is 0 Å². The van der Waals surface area contributed by atoms with Gasteiger partial charge in [-0.25, -0.2) is 0 Å². The van der Waals surface area contributed by atoms with Crippen molar-refractivity contribution in [2.75, 3.05) is 5.32 Å². The Morgan fingerprint density at radius 2 is 1.75 bits per heavy atom. The van der Waals surface area contributed by atoms with Gasteiger partial charge in [0, 0.05) is 5.69 Å². The first-order chi connectivity index (χ1) is 9.58. The number of amides is 2. The van der Waals surface area contributed by atoms with Crippen molar-refractivity contribution in [2.45, 2.75) is 20.4 Å². The molecule has 2 rings (SSSR count). The molecule has 0 saturated heterocycles. The van der Waals surface area contributed by atoms with Gasteiger partial charge in [0.2, 0.25) is 0 Å². The lowest BCUT2D eigenvalue weighted by Crippen LogP contribution is -2.35. The summed E-state index contributed by atoms with van der Waals surface area (Å²) in [6.07, 6.45) is 1.51. The van der Waals surface area contributed by atoms with Gasteiger partial charge >= 0.3 is 11.8 Å². The number of carbonyl (C=O) groups excluding carboxylic acids is 2. The highest BCUT2D eigenvalue weighted by molar-refractivity contribution is 6.39. The Bertz CT molecular complexity index is 598. The molecule has 1 heterocycles. The summed E-state index contributed by atoms with van der Waals surface area (Å²) in [7, 11) is 0. The Balaban J connectivity index is 1.96. The number of para-hydroxylation sites is 1. The van der Waals surface area contributed by atoms with Crippen molar-refractivity contribution < 1.29 is 14.0 Å². The minimum absolute atomic E-state index is 0.187. The molecule has 5 nitrogen and oxygen atoms in total. The van der Waals surface area contributed by atoms with Crippen molar-refractivity contribution in [1.29, 1.82) is 0 Å². The van der Waals surface area contributed by atoms with E-state index in [9.17, 15) is 9.59 Å². The highest BCUT2D eigenvalue weighted by Crippen LogP contribution is 2.19. The summed E-state index contributed by atoms with van der Waals surface area (Å²) in [4.78, 5) is 23.5. The van der Waals surface area contributed by atoms with Crippen LogP contribution < -0.4 is 10.6 Å². The van der Waals surface area contributed by atoms with Crippen molar-refractivity contribution in [3.05, 3.63) is 53.5 Å². The molecule has 0 bridgehead atoms. The summed E-state index contributed by atoms with van der Waals surface area (Å²) < 4.78 is 5.07. The van der Waals surface area contributed by atoms with Crippen LogP contribution in [0.2, 0.25) is 0 Å². The second kappa shape index (κ2) is 6.06. The Hall–Kier alpha value is -2.56. The van der Waals surface area contributed by atoms with Gasteiger partial charge in [0.1, 0.15) is 5.76 Å². The van der Waals surface area contributed by atoms with Gasteiger partial charge in [-0.1, -0.05) is 18.2 Å². The van der Waals surface area contributed by atoms with Crippen molar-refractivity contribution >= 4 is 17.5 Å². The van der Waals surface area contributed by atoms with Crippen molar-refractivity contribution in [1.82, 2.24) is 5.32 Å². The van der Waals surface area contributed by atoms with Crippen LogP contribution in [0.25, 0.3) is 0 Å². The zero-order valence-corrected chi connectivity index (χ0v) is 11.4. The molecular formula is C15H16N2O3. The number of carbonyl (C=O) groups is 2. The van der Waals surface area contributed by atoms with E-state index in [-0.39, 0.29) is 6.54 Å². The van der Waals surface area contributed by atoms with Gasteiger partial charge in [0.15, 0.2) is 0 Å². The molecule has 1 aromatic carbocycles. The number of furan rings is 1. The van der Waals surface area contributed by atoms with Crippen molar-refractivity contribution in [3.63, 3.8) is 0 Å². The van der Waals surface area contributed by atoms with E-state index in [4.69, 9.17) is 4.42 Å². The first-order valence-electron chi connectivity index (χ1n) is 6.25. The molecule has 2 N–H and O–H groups in total. The minimum atomic E-state index is -0.691. The van der Waals surface area contributed by atoms with Gasteiger partial charge in [-0.05, 0) is 37.1 Å². The first-order valence-corrected chi connectivity index (χ1v) is 6.25. The molecule has 0 fully saturated rings. The lowest BCUT2D eigenvalue weighted by molar-refractivity contribution is -0.136. The van der Waals surface area contributed by atoms with Crippen LogP contribution in [0, 0.1) is 13.8 Å². The van der Waals surface area contributed by atoms with Crippen LogP contribution in [0.4, 0.5) is 5.69 Å². The van der Waals surface area contributed by atoms with Crippen LogP contribution in [0.15, 0.2) is 41.0 Å². The normalized spacial score (nSPS) is 10.1. The van der Waals surface area contributed by atoms with Crippen LogP contribution in [0.3, 0.4) is 0 Å². The zero-order valence-electron chi connectivity index (χ0n) is 11.4. The van der Waals surface area contributed by atoms with E-state index in [1.165, 1.54) is 6.26 Å². The molecule has 0 radical (unpaired) electrons. The molecule has 0 saturated carbocycles. The Morgan fingerprint density at radius 1 is 1.05 bits per heavy atom. The van der Waals surface area contributed by atoms with Crippen LogP contribution in [-0.2, 0) is 16.1 Å². The van der Waals surface area contributed by atoms with E-state index in [1.807, 2.05) is 32.0 Å². The van der Waals surface area contributed by atoms with Crippen LogP contribution >= 0.6 is 0 Å². The molecule has 2 aromatic rings. The third kappa shape index (κ3) is 3.26. The van der Waals surface area contributed by atoms with Crippen LogP contribution in [-0.4, -0.2) is 11.8 Å². The number of hydrogen-bond donors (Lipinski definition) is 2. The molecule has 0 unspecified atom stereocenters. The average molecular weight is 272 g/mol. The van der Waals surface area contributed by atoms with Gasteiger partial charge in [0.25, 0.3) is 0 Å². The highest BCUT2D eigenvalue weighted by atomic mass is 16.3. The van der Waals surface area contributed by atoms with Crippen molar-refractivity contribution in [2.24, 2.45) is 0 Å². The Labute approximate surface area is 117 Å². The molecule has 0 aliphatic heterocycles. The summed E-state index contributed by atoms with van der Waals surface area (Å²) >= 11 is 0. The van der Waals surface area contributed by atoms with Gasteiger partial charge in [0.05, 0.1) is 12.8 Å². The lowest BCUT2D eigenvalue weighted by Gasteiger charge is -2.11. The highest BCUT2D eigenvalue weighted by Gasteiger charge is 2.15. The summed E-state index contributed by atoms with van der Waals surface area (Å²) in [5.41, 5.74) is 2.50. The standard InChI is InChI=1S/C15H16N2O3/c1-10-5-3-6-11(2)13(10)17-15(19)14(18)16-9-12-7-4-8-20-12/h3-8H,9H2,1-2H3,(H,16,18)(H,17,19). The van der Waals surface area contributed by atoms with Gasteiger partial charge < -0.3 is 15.1 Å². The first kappa shape index (κ1) is 13.9. The maximum atomic E-state index is 11.8. The molecule has 104 valence electrons. The second-order valence-corrected chi connectivity index (χ2v) is 4.48. The van der Waals surface area contributed by atoms with Crippen molar-refractivity contribution in [3.8, 4) is 0 Å². The van der Waals surface area contributed by atoms with E-state index in [1.54, 1.807) is 12.1 Å². The van der Waals surface area contributed by atoms with Crippen LogP contribution in [0.1, 0.15) is 16.9 Å². The Kier molecular flexibility index (Phi) is 4.20.